The number of benzene rings is 1. The Labute approximate surface area is 174 Å². The lowest BCUT2D eigenvalue weighted by atomic mass is 9.89. The third-order valence-electron chi connectivity index (χ3n) is 6.72. The Bertz CT molecular complexity index is 1060. The summed E-state index contributed by atoms with van der Waals surface area (Å²) in [5.41, 5.74) is 6.65. The second-order valence-corrected chi connectivity index (χ2v) is 8.71. The third kappa shape index (κ3) is 3.28. The molecule has 2 fully saturated rings. The molecule has 7 heteroatoms. The van der Waals surface area contributed by atoms with Crippen LogP contribution in [-0.2, 0) is 4.79 Å². The number of nitrogens with zero attached hydrogens (tertiary/aromatic N) is 2. The van der Waals surface area contributed by atoms with Crippen molar-refractivity contribution < 1.29 is 14.4 Å². The van der Waals surface area contributed by atoms with Gasteiger partial charge >= 0.3 is 12.1 Å². The minimum Gasteiger partial charge on any atom is -0.351 e. The van der Waals surface area contributed by atoms with E-state index in [1.54, 1.807) is 17.2 Å². The van der Waals surface area contributed by atoms with Gasteiger partial charge in [-0.25, -0.2) is 9.59 Å². The molecule has 0 unspecified atom stereocenters. The number of hydrogen-bond donors (Lipinski definition) is 2. The number of carbonyl (C=O) groups excluding carboxylic acids is 3. The molecule has 1 aliphatic heterocycles. The zero-order valence-electron chi connectivity index (χ0n) is 16.8. The van der Waals surface area contributed by atoms with Crippen LogP contribution in [-0.4, -0.2) is 39.4 Å². The normalized spacial score (nSPS) is 27.1. The number of aromatic nitrogens is 1. The first-order valence-corrected chi connectivity index (χ1v) is 10.7. The molecule has 4 atom stereocenters. The number of para-hydroxylation sites is 1. The number of urea groups is 1. The first-order valence-electron chi connectivity index (χ1n) is 10.7. The number of primary amides is 1. The van der Waals surface area contributed by atoms with Gasteiger partial charge in [-0.2, -0.15) is 0 Å². The molecule has 7 nitrogen and oxygen atoms in total. The Morgan fingerprint density at radius 1 is 1.17 bits per heavy atom. The number of likely N-dealkylation sites (tertiary alicyclic amines) is 1. The smallest absolute Gasteiger partial charge is 0.323 e. The molecule has 156 valence electrons. The fourth-order valence-corrected chi connectivity index (χ4v) is 5.12. The van der Waals surface area contributed by atoms with Crippen molar-refractivity contribution in [2.45, 2.75) is 50.6 Å². The molecule has 3 N–H and O–H groups in total. The van der Waals surface area contributed by atoms with Crippen molar-refractivity contribution in [2.75, 3.05) is 5.32 Å². The summed E-state index contributed by atoms with van der Waals surface area (Å²) in [7, 11) is 0. The number of allylic oxidation sites excluding steroid dienone is 2. The van der Waals surface area contributed by atoms with Crippen LogP contribution in [0, 0.1) is 11.8 Å². The number of nitrogens with one attached hydrogen (secondary N) is 1. The highest BCUT2D eigenvalue weighted by Crippen LogP contribution is 2.48. The summed E-state index contributed by atoms with van der Waals surface area (Å²) in [5, 5.41) is 3.68. The second kappa shape index (κ2) is 7.31. The summed E-state index contributed by atoms with van der Waals surface area (Å²) >= 11 is 0. The Morgan fingerprint density at radius 2 is 2.00 bits per heavy atom. The van der Waals surface area contributed by atoms with Crippen LogP contribution >= 0.6 is 0 Å². The second-order valence-electron chi connectivity index (χ2n) is 8.71. The molecule has 1 saturated carbocycles. The monoisotopic (exact) mass is 406 g/mol. The number of ketones is 1. The summed E-state index contributed by atoms with van der Waals surface area (Å²) in [6, 6.07) is 6.20. The average molecular weight is 406 g/mol. The molecule has 2 aliphatic carbocycles. The lowest BCUT2D eigenvalue weighted by Crippen LogP contribution is -2.45. The predicted molar refractivity (Wildman–Crippen MR) is 114 cm³/mol. The molecule has 1 aromatic carbocycles. The Balaban J connectivity index is 1.36. The highest BCUT2D eigenvalue weighted by atomic mass is 16.2. The topological polar surface area (TPSA) is 97.4 Å². The van der Waals surface area contributed by atoms with Crippen molar-refractivity contribution in [1.29, 1.82) is 0 Å². The number of rotatable bonds is 4. The van der Waals surface area contributed by atoms with Gasteiger partial charge in [0.2, 0.25) is 0 Å². The SMILES string of the molecule is NC(=O)n1cc(NC(=O)N2[C@@H]3C[C@@H]3C[C@H]2C(=O)C[C@@H]2C=CCCC2)c2ccccc21. The Morgan fingerprint density at radius 3 is 2.77 bits per heavy atom. The highest BCUT2D eigenvalue weighted by Gasteiger charge is 2.56. The number of Topliss-reactive ketones (excluding diaryl/α,β-unsaturated/α-hetero) is 1. The number of hydrogen-bond acceptors (Lipinski definition) is 3. The van der Waals surface area contributed by atoms with E-state index in [4.69, 9.17) is 5.73 Å². The minimum atomic E-state index is -0.608. The molecular weight excluding hydrogens is 380 g/mol. The van der Waals surface area contributed by atoms with E-state index in [-0.39, 0.29) is 23.9 Å². The van der Waals surface area contributed by atoms with Gasteiger partial charge < -0.3 is 16.0 Å². The van der Waals surface area contributed by atoms with Gasteiger partial charge in [0.05, 0.1) is 17.2 Å². The van der Waals surface area contributed by atoms with Gasteiger partial charge in [0, 0.05) is 24.0 Å². The lowest BCUT2D eigenvalue weighted by molar-refractivity contribution is -0.123. The maximum atomic E-state index is 13.2. The number of nitrogens with two attached hydrogens (primary N) is 1. The van der Waals surface area contributed by atoms with Gasteiger partial charge in [-0.15, -0.1) is 0 Å². The van der Waals surface area contributed by atoms with Gasteiger partial charge in [0.15, 0.2) is 5.78 Å². The van der Waals surface area contributed by atoms with Crippen molar-refractivity contribution >= 4 is 34.4 Å². The molecule has 0 spiro atoms. The molecule has 1 saturated heterocycles. The van der Waals surface area contributed by atoms with Gasteiger partial charge in [0.25, 0.3) is 0 Å². The number of amides is 3. The molecule has 3 amide bonds. The van der Waals surface area contributed by atoms with E-state index < -0.39 is 6.03 Å². The van der Waals surface area contributed by atoms with Crippen molar-refractivity contribution in [3.63, 3.8) is 0 Å². The fourth-order valence-electron chi connectivity index (χ4n) is 5.12. The van der Waals surface area contributed by atoms with Crippen molar-refractivity contribution in [3.8, 4) is 0 Å². The summed E-state index contributed by atoms with van der Waals surface area (Å²) in [6.45, 7) is 0. The lowest BCUT2D eigenvalue weighted by Gasteiger charge is -2.28. The standard InChI is InChI=1S/C23H26N4O3/c24-22(29)26-13-17(16-8-4-5-9-18(16)26)25-23(30)27-19-11-15(19)12-20(27)21(28)10-14-6-2-1-3-7-14/h2,4-6,8-9,13-15,19-20H,1,3,7,10-12H2,(H2,24,29)(H,25,30)/t14-,15-,19-,20+/m1/s1. The van der Waals surface area contributed by atoms with Gasteiger partial charge in [-0.3, -0.25) is 9.36 Å². The maximum absolute atomic E-state index is 13.2. The van der Waals surface area contributed by atoms with E-state index in [1.807, 2.05) is 18.2 Å². The molecule has 30 heavy (non-hydrogen) atoms. The van der Waals surface area contributed by atoms with Crippen molar-refractivity contribution in [1.82, 2.24) is 9.47 Å². The van der Waals surface area contributed by atoms with E-state index in [2.05, 4.69) is 17.5 Å². The number of carbonyl (C=O) groups is 3. The summed E-state index contributed by atoms with van der Waals surface area (Å²) in [5.74, 6) is 0.883. The van der Waals surface area contributed by atoms with Gasteiger partial charge in [0.1, 0.15) is 0 Å². The van der Waals surface area contributed by atoms with E-state index >= 15 is 0 Å². The maximum Gasteiger partial charge on any atom is 0.323 e. The third-order valence-corrected chi connectivity index (χ3v) is 6.72. The minimum absolute atomic E-state index is 0.144. The molecule has 0 radical (unpaired) electrons. The zero-order chi connectivity index (χ0) is 20.8. The van der Waals surface area contributed by atoms with Crippen LogP contribution in [0.25, 0.3) is 10.9 Å². The number of piperidine rings is 1. The molecule has 0 bridgehead atoms. The van der Waals surface area contributed by atoms with Gasteiger partial charge in [-0.05, 0) is 50.0 Å². The van der Waals surface area contributed by atoms with E-state index in [1.165, 1.54) is 4.57 Å². The molecule has 1 aromatic heterocycles. The van der Waals surface area contributed by atoms with Crippen LogP contribution in [0.1, 0.15) is 38.5 Å². The molecule has 5 rings (SSSR count). The van der Waals surface area contributed by atoms with Crippen LogP contribution in [0.5, 0.6) is 0 Å². The molecular formula is C23H26N4O3. The van der Waals surface area contributed by atoms with Crippen LogP contribution < -0.4 is 11.1 Å². The van der Waals surface area contributed by atoms with Crippen LogP contribution in [0.4, 0.5) is 15.3 Å². The highest BCUT2D eigenvalue weighted by molar-refractivity contribution is 6.05. The molecule has 2 heterocycles. The predicted octanol–water partition coefficient (Wildman–Crippen LogP) is 3.88. The van der Waals surface area contributed by atoms with E-state index in [0.29, 0.717) is 29.5 Å². The molecule has 3 aliphatic rings. The van der Waals surface area contributed by atoms with Crippen LogP contribution in [0.3, 0.4) is 0 Å². The summed E-state index contributed by atoms with van der Waals surface area (Å²) in [4.78, 5) is 39.8. The fraction of sp³-hybridized carbons (Fsp3) is 0.435. The summed E-state index contributed by atoms with van der Waals surface area (Å²) in [6.07, 6.45) is 11.3. The van der Waals surface area contributed by atoms with E-state index in [0.717, 1.165) is 37.5 Å². The zero-order valence-corrected chi connectivity index (χ0v) is 16.8. The quantitative estimate of drug-likeness (QED) is 0.754. The largest absolute Gasteiger partial charge is 0.351 e. The summed E-state index contributed by atoms with van der Waals surface area (Å²) < 4.78 is 1.33. The molecule has 2 aromatic rings. The van der Waals surface area contributed by atoms with Crippen molar-refractivity contribution in [2.24, 2.45) is 17.6 Å². The number of fused-ring (bicyclic) bond motifs is 2. The Hall–Kier alpha value is -3.09. The first kappa shape index (κ1) is 18.9. The van der Waals surface area contributed by atoms with E-state index in [9.17, 15) is 14.4 Å². The number of anilines is 1. The first-order chi connectivity index (χ1) is 14.5. The van der Waals surface area contributed by atoms with Crippen LogP contribution in [0.15, 0.2) is 42.6 Å². The Kier molecular flexibility index (Phi) is 4.60. The van der Waals surface area contributed by atoms with Crippen LogP contribution in [0.2, 0.25) is 0 Å². The van der Waals surface area contributed by atoms with Crippen molar-refractivity contribution in [3.05, 3.63) is 42.6 Å². The average Bonchev–Trinajstić information content (AvgIpc) is 3.24. The van der Waals surface area contributed by atoms with Gasteiger partial charge in [-0.1, -0.05) is 30.4 Å².